The van der Waals surface area contributed by atoms with Crippen LogP contribution in [0.1, 0.15) is 5.56 Å². The van der Waals surface area contributed by atoms with Gasteiger partial charge in [-0.25, -0.2) is 9.67 Å². The van der Waals surface area contributed by atoms with E-state index in [4.69, 9.17) is 0 Å². The third-order valence-electron chi connectivity index (χ3n) is 4.00. The molecular formula is C17H13N5O2. The van der Waals surface area contributed by atoms with E-state index in [1.54, 1.807) is 23.1 Å². The van der Waals surface area contributed by atoms with Crippen molar-refractivity contribution in [2.75, 3.05) is 0 Å². The molecule has 0 saturated carbocycles. The molecule has 0 aliphatic rings. The Morgan fingerprint density at radius 2 is 2.17 bits per heavy atom. The van der Waals surface area contributed by atoms with Crippen molar-refractivity contribution in [3.63, 3.8) is 0 Å². The average molecular weight is 319 g/mol. The molecule has 0 unspecified atom stereocenters. The summed E-state index contributed by atoms with van der Waals surface area (Å²) in [7, 11) is 0. The molecule has 3 heterocycles. The van der Waals surface area contributed by atoms with Crippen LogP contribution in [-0.4, -0.2) is 24.7 Å². The summed E-state index contributed by atoms with van der Waals surface area (Å²) >= 11 is 0. The lowest BCUT2D eigenvalue weighted by molar-refractivity contribution is -0.384. The van der Waals surface area contributed by atoms with Crippen molar-refractivity contribution in [3.8, 4) is 16.8 Å². The second-order valence-electron chi connectivity index (χ2n) is 5.50. The molecule has 1 N–H and O–H groups in total. The molecule has 0 saturated heterocycles. The number of nitro benzene ring substituents is 1. The Labute approximate surface area is 136 Å². The summed E-state index contributed by atoms with van der Waals surface area (Å²) in [5.41, 5.74) is 4.37. The maximum atomic E-state index is 11.0. The second kappa shape index (κ2) is 5.31. The Morgan fingerprint density at radius 3 is 3.00 bits per heavy atom. The van der Waals surface area contributed by atoms with E-state index in [0.717, 1.165) is 27.7 Å². The normalized spacial score (nSPS) is 11.0. The minimum Gasteiger partial charge on any atom is -0.346 e. The molecule has 0 aliphatic carbocycles. The first-order valence-electron chi connectivity index (χ1n) is 7.36. The van der Waals surface area contributed by atoms with Crippen molar-refractivity contribution in [3.05, 3.63) is 70.8 Å². The highest BCUT2D eigenvalue weighted by Gasteiger charge is 2.13. The van der Waals surface area contributed by atoms with E-state index < -0.39 is 4.92 Å². The number of fused-ring (bicyclic) bond motifs is 1. The topological polar surface area (TPSA) is 89.6 Å². The quantitative estimate of drug-likeness (QED) is 0.461. The Kier molecular flexibility index (Phi) is 3.13. The van der Waals surface area contributed by atoms with Crippen LogP contribution < -0.4 is 0 Å². The van der Waals surface area contributed by atoms with Crippen LogP contribution in [0, 0.1) is 17.0 Å². The Hall–Kier alpha value is -3.48. The largest absolute Gasteiger partial charge is 0.346 e. The maximum Gasteiger partial charge on any atom is 0.271 e. The van der Waals surface area contributed by atoms with E-state index in [-0.39, 0.29) is 5.69 Å². The molecule has 0 radical (unpaired) electrons. The van der Waals surface area contributed by atoms with Gasteiger partial charge in [-0.05, 0) is 24.6 Å². The highest BCUT2D eigenvalue weighted by atomic mass is 16.6. The van der Waals surface area contributed by atoms with Crippen molar-refractivity contribution in [2.24, 2.45) is 0 Å². The molecule has 24 heavy (non-hydrogen) atoms. The fourth-order valence-corrected chi connectivity index (χ4v) is 2.75. The predicted molar refractivity (Wildman–Crippen MR) is 90.0 cm³/mol. The number of hydrogen-bond acceptors (Lipinski definition) is 4. The maximum absolute atomic E-state index is 11.0. The molecule has 0 spiro atoms. The lowest BCUT2D eigenvalue weighted by atomic mass is 10.1. The van der Waals surface area contributed by atoms with Crippen LogP contribution in [0.25, 0.3) is 27.8 Å². The number of nitrogens with zero attached hydrogens (tertiary/aromatic N) is 4. The predicted octanol–water partition coefficient (Wildman–Crippen LogP) is 3.63. The molecule has 0 aliphatic heterocycles. The van der Waals surface area contributed by atoms with Gasteiger partial charge in [0.25, 0.3) is 5.69 Å². The summed E-state index contributed by atoms with van der Waals surface area (Å²) in [4.78, 5) is 18.0. The Morgan fingerprint density at radius 1 is 1.29 bits per heavy atom. The molecule has 4 aromatic rings. The highest BCUT2D eigenvalue weighted by molar-refractivity contribution is 5.93. The van der Waals surface area contributed by atoms with Crippen molar-refractivity contribution in [2.45, 2.75) is 6.92 Å². The molecule has 118 valence electrons. The van der Waals surface area contributed by atoms with Gasteiger partial charge in [-0.1, -0.05) is 6.07 Å². The van der Waals surface area contributed by atoms with E-state index in [1.165, 1.54) is 12.1 Å². The Bertz CT molecular complexity index is 1060. The summed E-state index contributed by atoms with van der Waals surface area (Å²) in [6, 6.07) is 8.63. The summed E-state index contributed by atoms with van der Waals surface area (Å²) in [6.07, 6.45) is 7.23. The van der Waals surface area contributed by atoms with E-state index in [9.17, 15) is 10.1 Å². The number of nitrogens with one attached hydrogen (secondary N) is 1. The molecule has 7 nitrogen and oxygen atoms in total. The minimum atomic E-state index is -0.404. The van der Waals surface area contributed by atoms with E-state index in [0.29, 0.717) is 5.69 Å². The van der Waals surface area contributed by atoms with Crippen molar-refractivity contribution < 1.29 is 4.92 Å². The number of benzene rings is 1. The monoisotopic (exact) mass is 319 g/mol. The van der Waals surface area contributed by atoms with Crippen molar-refractivity contribution in [1.82, 2.24) is 19.7 Å². The fourth-order valence-electron chi connectivity index (χ4n) is 2.75. The summed E-state index contributed by atoms with van der Waals surface area (Å²) < 4.78 is 1.66. The molecule has 3 aromatic heterocycles. The van der Waals surface area contributed by atoms with Gasteiger partial charge < -0.3 is 4.98 Å². The van der Waals surface area contributed by atoms with E-state index in [2.05, 4.69) is 15.1 Å². The molecule has 0 fully saturated rings. The van der Waals surface area contributed by atoms with Crippen LogP contribution >= 0.6 is 0 Å². The van der Waals surface area contributed by atoms with Gasteiger partial charge in [0, 0.05) is 47.2 Å². The van der Waals surface area contributed by atoms with Gasteiger partial charge >= 0.3 is 0 Å². The Balaban J connectivity index is 1.81. The van der Waals surface area contributed by atoms with Gasteiger partial charge in [-0.15, -0.1) is 0 Å². The molecular weight excluding hydrogens is 306 g/mol. The first-order chi connectivity index (χ1) is 11.6. The standard InChI is InChI=1S/C17H13N5O2/c1-11-4-5-13(22(23)24)7-16(11)21-10-12(8-20-21)15-9-19-17-14(15)3-2-6-18-17/h2-10H,1H3,(H,18,19). The molecule has 1 aromatic carbocycles. The lowest BCUT2D eigenvalue weighted by Gasteiger charge is -2.05. The van der Waals surface area contributed by atoms with Crippen LogP contribution in [0.15, 0.2) is 55.1 Å². The zero-order valence-electron chi connectivity index (χ0n) is 12.8. The van der Waals surface area contributed by atoms with Gasteiger partial charge in [0.15, 0.2) is 0 Å². The number of nitro groups is 1. The van der Waals surface area contributed by atoms with E-state index >= 15 is 0 Å². The van der Waals surface area contributed by atoms with Gasteiger partial charge in [-0.2, -0.15) is 5.10 Å². The fraction of sp³-hybridized carbons (Fsp3) is 0.0588. The molecule has 0 amide bonds. The molecule has 0 atom stereocenters. The van der Waals surface area contributed by atoms with Crippen LogP contribution in [0.2, 0.25) is 0 Å². The number of hydrogen-bond donors (Lipinski definition) is 1. The highest BCUT2D eigenvalue weighted by Crippen LogP contribution is 2.28. The summed E-state index contributed by atoms with van der Waals surface area (Å²) in [5.74, 6) is 0. The summed E-state index contributed by atoms with van der Waals surface area (Å²) in [5, 5.41) is 16.4. The van der Waals surface area contributed by atoms with Gasteiger partial charge in [0.05, 0.1) is 16.8 Å². The van der Waals surface area contributed by atoms with Crippen LogP contribution in [0.3, 0.4) is 0 Å². The SMILES string of the molecule is Cc1ccc([N+](=O)[O-])cc1-n1cc(-c2c[nH]c3ncccc23)cn1. The number of aromatic nitrogens is 4. The number of non-ortho nitro benzene ring substituents is 1. The number of pyridine rings is 1. The number of aromatic amines is 1. The lowest BCUT2D eigenvalue weighted by Crippen LogP contribution is -1.99. The van der Waals surface area contributed by atoms with Crippen molar-refractivity contribution >= 4 is 16.7 Å². The number of aryl methyl sites for hydroxylation is 1. The third-order valence-corrected chi connectivity index (χ3v) is 4.00. The molecule has 0 bridgehead atoms. The zero-order valence-corrected chi connectivity index (χ0v) is 12.8. The van der Waals surface area contributed by atoms with Crippen LogP contribution in [-0.2, 0) is 0 Å². The second-order valence-corrected chi connectivity index (χ2v) is 5.50. The van der Waals surface area contributed by atoms with Gasteiger partial charge in [0.1, 0.15) is 5.65 Å². The first-order valence-corrected chi connectivity index (χ1v) is 7.36. The summed E-state index contributed by atoms with van der Waals surface area (Å²) in [6.45, 7) is 1.90. The minimum absolute atomic E-state index is 0.0453. The average Bonchev–Trinajstić information content (AvgIpc) is 3.21. The van der Waals surface area contributed by atoms with Gasteiger partial charge in [-0.3, -0.25) is 10.1 Å². The number of rotatable bonds is 3. The zero-order chi connectivity index (χ0) is 16.7. The van der Waals surface area contributed by atoms with Crippen LogP contribution in [0.4, 0.5) is 5.69 Å². The van der Waals surface area contributed by atoms with E-state index in [1.807, 2.05) is 31.5 Å². The smallest absolute Gasteiger partial charge is 0.271 e. The van der Waals surface area contributed by atoms with Gasteiger partial charge in [0.2, 0.25) is 0 Å². The molecule has 7 heteroatoms. The third kappa shape index (κ3) is 2.23. The molecule has 4 rings (SSSR count). The van der Waals surface area contributed by atoms with Crippen LogP contribution in [0.5, 0.6) is 0 Å². The number of H-pyrrole nitrogens is 1. The van der Waals surface area contributed by atoms with Crippen molar-refractivity contribution in [1.29, 1.82) is 0 Å². The first kappa shape index (κ1) is 14.1.